The minimum absolute atomic E-state index is 0.120. The standard InChI is InChI=1S/C20H26N2O2/c1-2-24-20(23)18(14-21)13-19(22)12-15-8-10-17(11-9-15)16-6-4-3-5-7-16/h3-11,18-19H,2,12-14,21-22H2,1H3. The first kappa shape index (κ1) is 18.2. The second kappa shape index (κ2) is 9.21. The molecule has 24 heavy (non-hydrogen) atoms. The van der Waals surface area contributed by atoms with Crippen LogP contribution in [-0.2, 0) is 16.0 Å². The van der Waals surface area contributed by atoms with E-state index >= 15 is 0 Å². The molecule has 0 fully saturated rings. The van der Waals surface area contributed by atoms with Crippen LogP contribution in [0.2, 0.25) is 0 Å². The van der Waals surface area contributed by atoms with Gasteiger partial charge in [-0.05, 0) is 36.5 Å². The fourth-order valence-electron chi connectivity index (χ4n) is 2.76. The molecule has 0 aromatic heterocycles. The van der Waals surface area contributed by atoms with Crippen LogP contribution in [0.5, 0.6) is 0 Å². The van der Waals surface area contributed by atoms with E-state index in [1.54, 1.807) is 6.92 Å². The Balaban J connectivity index is 1.94. The highest BCUT2D eigenvalue weighted by Gasteiger charge is 2.21. The lowest BCUT2D eigenvalue weighted by atomic mass is 9.94. The SMILES string of the molecule is CCOC(=O)C(CN)CC(N)Cc1ccc(-c2ccccc2)cc1. The van der Waals surface area contributed by atoms with E-state index in [-0.39, 0.29) is 24.5 Å². The topological polar surface area (TPSA) is 78.3 Å². The lowest BCUT2D eigenvalue weighted by molar-refractivity contribution is -0.148. The Labute approximate surface area is 143 Å². The van der Waals surface area contributed by atoms with E-state index in [2.05, 4.69) is 36.4 Å². The monoisotopic (exact) mass is 326 g/mol. The first-order chi connectivity index (χ1) is 11.6. The highest BCUT2D eigenvalue weighted by atomic mass is 16.5. The van der Waals surface area contributed by atoms with Crippen molar-refractivity contribution in [1.82, 2.24) is 0 Å². The van der Waals surface area contributed by atoms with Crippen LogP contribution in [0.4, 0.5) is 0 Å². The quantitative estimate of drug-likeness (QED) is 0.731. The number of carbonyl (C=O) groups is 1. The van der Waals surface area contributed by atoms with Crippen LogP contribution >= 0.6 is 0 Å². The van der Waals surface area contributed by atoms with Crippen molar-refractivity contribution < 1.29 is 9.53 Å². The van der Waals surface area contributed by atoms with Gasteiger partial charge in [-0.1, -0.05) is 54.6 Å². The summed E-state index contributed by atoms with van der Waals surface area (Å²) >= 11 is 0. The molecule has 4 nitrogen and oxygen atoms in total. The zero-order chi connectivity index (χ0) is 17.4. The predicted molar refractivity (Wildman–Crippen MR) is 97.4 cm³/mol. The maximum absolute atomic E-state index is 11.8. The Kier molecular flexibility index (Phi) is 6.97. The van der Waals surface area contributed by atoms with Crippen LogP contribution in [0, 0.1) is 5.92 Å². The molecule has 0 aliphatic heterocycles. The summed E-state index contributed by atoms with van der Waals surface area (Å²) in [5, 5.41) is 0. The molecule has 4 heteroatoms. The molecule has 0 bridgehead atoms. The number of hydrogen-bond donors (Lipinski definition) is 2. The van der Waals surface area contributed by atoms with E-state index in [9.17, 15) is 4.79 Å². The molecule has 2 aromatic rings. The molecule has 2 aromatic carbocycles. The number of ether oxygens (including phenoxy) is 1. The van der Waals surface area contributed by atoms with Crippen molar-refractivity contribution in [3.05, 3.63) is 60.2 Å². The number of carbonyl (C=O) groups excluding carboxylic acids is 1. The zero-order valence-corrected chi connectivity index (χ0v) is 14.2. The molecule has 0 aliphatic carbocycles. The average molecular weight is 326 g/mol. The van der Waals surface area contributed by atoms with E-state index in [4.69, 9.17) is 16.2 Å². The van der Waals surface area contributed by atoms with Crippen molar-refractivity contribution in [2.24, 2.45) is 17.4 Å². The Morgan fingerprint density at radius 2 is 1.67 bits per heavy atom. The van der Waals surface area contributed by atoms with Crippen LogP contribution in [-0.4, -0.2) is 25.2 Å². The lowest BCUT2D eigenvalue weighted by Gasteiger charge is -2.18. The molecule has 0 saturated carbocycles. The fourth-order valence-corrected chi connectivity index (χ4v) is 2.76. The number of benzene rings is 2. The Morgan fingerprint density at radius 3 is 2.25 bits per heavy atom. The molecular formula is C20H26N2O2. The number of rotatable bonds is 8. The predicted octanol–water partition coefficient (Wildman–Crippen LogP) is 2.75. The second-order valence-electron chi connectivity index (χ2n) is 5.95. The molecule has 2 atom stereocenters. The maximum Gasteiger partial charge on any atom is 0.310 e. The molecule has 0 spiro atoms. The highest BCUT2D eigenvalue weighted by molar-refractivity contribution is 5.72. The average Bonchev–Trinajstić information content (AvgIpc) is 2.61. The van der Waals surface area contributed by atoms with Gasteiger partial charge in [-0.25, -0.2) is 0 Å². The third-order valence-corrected chi connectivity index (χ3v) is 4.05. The van der Waals surface area contributed by atoms with E-state index in [0.29, 0.717) is 19.4 Å². The summed E-state index contributed by atoms with van der Waals surface area (Å²) in [5.41, 5.74) is 15.4. The largest absolute Gasteiger partial charge is 0.466 e. The number of esters is 1. The van der Waals surface area contributed by atoms with Gasteiger partial charge in [0.05, 0.1) is 12.5 Å². The summed E-state index contributed by atoms with van der Waals surface area (Å²) in [4.78, 5) is 11.8. The zero-order valence-electron chi connectivity index (χ0n) is 14.2. The van der Waals surface area contributed by atoms with Crippen molar-refractivity contribution in [3.8, 4) is 11.1 Å². The summed E-state index contributed by atoms with van der Waals surface area (Å²) in [6.45, 7) is 2.42. The van der Waals surface area contributed by atoms with E-state index in [0.717, 1.165) is 5.56 Å². The fraction of sp³-hybridized carbons (Fsp3) is 0.350. The molecule has 4 N–H and O–H groups in total. The normalized spacial score (nSPS) is 13.3. The van der Waals surface area contributed by atoms with Crippen LogP contribution < -0.4 is 11.5 Å². The number of nitrogens with two attached hydrogens (primary N) is 2. The van der Waals surface area contributed by atoms with Gasteiger partial charge in [0.2, 0.25) is 0 Å². The maximum atomic E-state index is 11.8. The summed E-state index contributed by atoms with van der Waals surface area (Å²) in [6.07, 6.45) is 1.25. The minimum atomic E-state index is -0.330. The van der Waals surface area contributed by atoms with Crippen LogP contribution in [0.15, 0.2) is 54.6 Å². The van der Waals surface area contributed by atoms with Crippen molar-refractivity contribution in [2.75, 3.05) is 13.2 Å². The molecule has 0 amide bonds. The molecular weight excluding hydrogens is 300 g/mol. The molecule has 2 rings (SSSR count). The third kappa shape index (κ3) is 5.18. The van der Waals surface area contributed by atoms with Gasteiger partial charge < -0.3 is 16.2 Å². The van der Waals surface area contributed by atoms with Gasteiger partial charge in [-0.3, -0.25) is 4.79 Å². The summed E-state index contributed by atoms with van der Waals surface area (Å²) in [5.74, 6) is -0.585. The van der Waals surface area contributed by atoms with Gasteiger partial charge >= 0.3 is 5.97 Å². The van der Waals surface area contributed by atoms with Crippen LogP contribution in [0.25, 0.3) is 11.1 Å². The van der Waals surface area contributed by atoms with Crippen LogP contribution in [0.1, 0.15) is 18.9 Å². The minimum Gasteiger partial charge on any atom is -0.466 e. The third-order valence-electron chi connectivity index (χ3n) is 4.05. The highest BCUT2D eigenvalue weighted by Crippen LogP contribution is 2.20. The molecule has 0 saturated heterocycles. The van der Waals surface area contributed by atoms with Gasteiger partial charge in [0.1, 0.15) is 0 Å². The molecule has 128 valence electrons. The van der Waals surface area contributed by atoms with Crippen molar-refractivity contribution in [2.45, 2.75) is 25.8 Å². The van der Waals surface area contributed by atoms with Gasteiger partial charge in [-0.15, -0.1) is 0 Å². The first-order valence-corrected chi connectivity index (χ1v) is 8.40. The summed E-state index contributed by atoms with van der Waals surface area (Å²) in [6, 6.07) is 18.5. The van der Waals surface area contributed by atoms with Gasteiger partial charge in [0.25, 0.3) is 0 Å². The van der Waals surface area contributed by atoms with Gasteiger partial charge in [-0.2, -0.15) is 0 Å². The second-order valence-corrected chi connectivity index (χ2v) is 5.95. The van der Waals surface area contributed by atoms with E-state index < -0.39 is 0 Å². The smallest absolute Gasteiger partial charge is 0.310 e. The van der Waals surface area contributed by atoms with Crippen LogP contribution in [0.3, 0.4) is 0 Å². The van der Waals surface area contributed by atoms with Crippen molar-refractivity contribution in [1.29, 1.82) is 0 Å². The summed E-state index contributed by atoms with van der Waals surface area (Å²) in [7, 11) is 0. The molecule has 0 aliphatic rings. The van der Waals surface area contributed by atoms with E-state index in [1.165, 1.54) is 11.1 Å². The molecule has 0 radical (unpaired) electrons. The van der Waals surface area contributed by atoms with Gasteiger partial charge in [0.15, 0.2) is 0 Å². The lowest BCUT2D eigenvalue weighted by Crippen LogP contribution is -2.34. The first-order valence-electron chi connectivity index (χ1n) is 8.40. The Morgan fingerprint density at radius 1 is 1.04 bits per heavy atom. The van der Waals surface area contributed by atoms with Crippen molar-refractivity contribution >= 4 is 5.97 Å². The van der Waals surface area contributed by atoms with E-state index in [1.807, 2.05) is 18.2 Å². The van der Waals surface area contributed by atoms with Crippen molar-refractivity contribution in [3.63, 3.8) is 0 Å². The number of hydrogen-bond acceptors (Lipinski definition) is 4. The summed E-state index contributed by atoms with van der Waals surface area (Å²) < 4.78 is 5.04. The Hall–Kier alpha value is -2.17. The Bertz CT molecular complexity index is 626. The molecule has 2 unspecified atom stereocenters. The molecule has 0 heterocycles. The van der Waals surface area contributed by atoms with Gasteiger partial charge in [0, 0.05) is 12.6 Å².